The average Bonchev–Trinajstić information content (AvgIpc) is 3.39. The van der Waals surface area contributed by atoms with Crippen LogP contribution in [0.3, 0.4) is 0 Å². The molecule has 0 saturated carbocycles. The van der Waals surface area contributed by atoms with Gasteiger partial charge in [0.25, 0.3) is 5.91 Å². The zero-order chi connectivity index (χ0) is 20.4. The molecule has 8 nitrogen and oxygen atoms in total. The minimum atomic E-state index is -0.279. The van der Waals surface area contributed by atoms with Crippen LogP contribution in [0.2, 0.25) is 0 Å². The van der Waals surface area contributed by atoms with E-state index in [-0.39, 0.29) is 12.0 Å². The molecule has 1 saturated heterocycles. The molecule has 1 amide bonds. The summed E-state index contributed by atoms with van der Waals surface area (Å²) in [5.41, 5.74) is 3.97. The Bertz CT molecular complexity index is 1010. The predicted molar refractivity (Wildman–Crippen MR) is 106 cm³/mol. The van der Waals surface area contributed by atoms with Crippen molar-refractivity contribution in [3.63, 3.8) is 0 Å². The number of carbonyl (C=O) groups is 1. The predicted octanol–water partition coefficient (Wildman–Crippen LogP) is 3.04. The third kappa shape index (κ3) is 3.80. The third-order valence-corrected chi connectivity index (χ3v) is 5.17. The number of rotatable bonds is 5. The van der Waals surface area contributed by atoms with E-state index in [2.05, 4.69) is 10.3 Å². The Hall–Kier alpha value is -3.00. The van der Waals surface area contributed by atoms with Crippen molar-refractivity contribution in [1.82, 2.24) is 24.8 Å². The minimum Gasteiger partial charge on any atom is -0.368 e. The molecular formula is C21H25N5O3. The van der Waals surface area contributed by atoms with Crippen LogP contribution in [0.15, 0.2) is 35.1 Å². The highest BCUT2D eigenvalue weighted by Gasteiger charge is 2.28. The second-order valence-corrected chi connectivity index (χ2v) is 7.06. The minimum absolute atomic E-state index is 0.0303. The molecule has 3 aromatic rings. The molecular weight excluding hydrogens is 370 g/mol. The fourth-order valence-corrected chi connectivity index (χ4v) is 3.60. The van der Waals surface area contributed by atoms with E-state index >= 15 is 0 Å². The van der Waals surface area contributed by atoms with Gasteiger partial charge in [-0.15, -0.1) is 0 Å². The van der Waals surface area contributed by atoms with Crippen LogP contribution in [0.5, 0.6) is 0 Å². The van der Waals surface area contributed by atoms with Crippen LogP contribution < -0.4 is 0 Å². The average molecular weight is 395 g/mol. The smallest absolute Gasteiger partial charge is 0.257 e. The summed E-state index contributed by atoms with van der Waals surface area (Å²) in [5, 5.41) is 8.28. The van der Waals surface area contributed by atoms with Gasteiger partial charge in [0.05, 0.1) is 47.6 Å². The quantitative estimate of drug-likeness (QED) is 0.660. The molecule has 1 aliphatic heterocycles. The number of aromatic nitrogens is 4. The lowest BCUT2D eigenvalue weighted by atomic mass is 10.1. The Labute approximate surface area is 169 Å². The van der Waals surface area contributed by atoms with E-state index in [1.54, 1.807) is 17.1 Å². The molecule has 0 radical (unpaired) electrons. The molecule has 1 fully saturated rings. The molecule has 0 aliphatic carbocycles. The highest BCUT2D eigenvalue weighted by Crippen LogP contribution is 2.29. The molecule has 8 heteroatoms. The summed E-state index contributed by atoms with van der Waals surface area (Å²) in [6.07, 6.45) is 3.87. The first-order valence-corrected chi connectivity index (χ1v) is 9.96. The fourth-order valence-electron chi connectivity index (χ4n) is 3.60. The van der Waals surface area contributed by atoms with Crippen LogP contribution in [0, 0.1) is 6.92 Å². The van der Waals surface area contributed by atoms with Gasteiger partial charge >= 0.3 is 0 Å². The topological polar surface area (TPSA) is 86.3 Å². The second kappa shape index (κ2) is 8.16. The van der Waals surface area contributed by atoms with E-state index in [1.807, 2.05) is 43.9 Å². The maximum Gasteiger partial charge on any atom is 0.257 e. The third-order valence-electron chi connectivity index (χ3n) is 5.17. The van der Waals surface area contributed by atoms with E-state index < -0.39 is 0 Å². The van der Waals surface area contributed by atoms with Crippen LogP contribution in [0.1, 0.15) is 47.5 Å². The number of hydrogen-bond acceptors (Lipinski definition) is 6. The van der Waals surface area contributed by atoms with Crippen molar-refractivity contribution >= 4 is 5.91 Å². The van der Waals surface area contributed by atoms with Crippen molar-refractivity contribution in [2.24, 2.45) is 0 Å². The summed E-state index contributed by atoms with van der Waals surface area (Å²) in [5.74, 6) is 0.791. The summed E-state index contributed by atoms with van der Waals surface area (Å²) in [6.45, 7) is 8.15. The van der Waals surface area contributed by atoms with Crippen molar-refractivity contribution in [2.75, 3.05) is 19.7 Å². The number of ether oxygens (including phenoxy) is 1. The van der Waals surface area contributed by atoms with E-state index in [0.717, 1.165) is 41.4 Å². The number of hydrogen-bond donors (Lipinski definition) is 0. The highest BCUT2D eigenvalue weighted by atomic mass is 16.5. The van der Waals surface area contributed by atoms with E-state index in [9.17, 15) is 4.79 Å². The molecule has 1 aliphatic rings. The molecule has 29 heavy (non-hydrogen) atoms. The fraction of sp³-hybridized carbons (Fsp3) is 0.429. The van der Waals surface area contributed by atoms with E-state index in [0.29, 0.717) is 25.3 Å². The van der Waals surface area contributed by atoms with Gasteiger partial charge in [-0.05, 0) is 26.0 Å². The number of nitrogens with zero attached hydrogens (tertiary/aromatic N) is 5. The summed E-state index contributed by atoms with van der Waals surface area (Å²) < 4.78 is 13.1. The lowest BCUT2D eigenvalue weighted by Gasteiger charge is -2.32. The van der Waals surface area contributed by atoms with Gasteiger partial charge in [0, 0.05) is 25.7 Å². The molecule has 0 spiro atoms. The zero-order valence-corrected chi connectivity index (χ0v) is 17.0. The van der Waals surface area contributed by atoms with Gasteiger partial charge < -0.3 is 14.2 Å². The first-order chi connectivity index (χ1) is 14.1. The van der Waals surface area contributed by atoms with Crippen molar-refractivity contribution in [3.05, 3.63) is 53.3 Å². The Kier molecular flexibility index (Phi) is 5.44. The number of amides is 1. The number of aryl methyl sites for hydroxylation is 3. The molecule has 4 heterocycles. The molecule has 1 atom stereocenters. The maximum atomic E-state index is 12.9. The molecule has 4 rings (SSSR count). The first kappa shape index (κ1) is 19.3. The van der Waals surface area contributed by atoms with Crippen molar-refractivity contribution in [2.45, 2.75) is 39.8 Å². The summed E-state index contributed by atoms with van der Waals surface area (Å²) >= 11 is 0. The molecule has 0 unspecified atom stereocenters. The van der Waals surface area contributed by atoms with Crippen LogP contribution in [0.4, 0.5) is 0 Å². The standard InChI is InChI=1S/C21H25N5O3/c1-4-18-20(14(3)24-29-18)17-8-6-7-16(23-17)19-13-25(9-10-28-19)21(27)15-11-22-26(5-2)12-15/h6-8,11-12,19H,4-5,9-10,13H2,1-3H3/t19-/m1/s1. The van der Waals surface area contributed by atoms with Crippen LogP contribution in [0.25, 0.3) is 11.3 Å². The zero-order valence-electron chi connectivity index (χ0n) is 17.0. The van der Waals surface area contributed by atoms with Gasteiger partial charge in [0.2, 0.25) is 0 Å². The number of morpholine rings is 1. The highest BCUT2D eigenvalue weighted by molar-refractivity contribution is 5.93. The molecule has 0 N–H and O–H groups in total. The lowest BCUT2D eigenvalue weighted by Crippen LogP contribution is -2.42. The molecule has 3 aromatic heterocycles. The summed E-state index contributed by atoms with van der Waals surface area (Å²) in [4.78, 5) is 19.5. The molecule has 0 aromatic carbocycles. The molecule has 152 valence electrons. The largest absolute Gasteiger partial charge is 0.368 e. The summed E-state index contributed by atoms with van der Waals surface area (Å²) in [6, 6.07) is 5.84. The van der Waals surface area contributed by atoms with Crippen molar-refractivity contribution in [3.8, 4) is 11.3 Å². The first-order valence-electron chi connectivity index (χ1n) is 9.96. The van der Waals surface area contributed by atoms with Gasteiger partial charge in [0.1, 0.15) is 11.9 Å². The lowest BCUT2D eigenvalue weighted by molar-refractivity contribution is -0.0246. The van der Waals surface area contributed by atoms with Gasteiger partial charge in [-0.2, -0.15) is 5.10 Å². The normalized spacial score (nSPS) is 16.9. The second-order valence-electron chi connectivity index (χ2n) is 7.06. The maximum absolute atomic E-state index is 12.9. The van der Waals surface area contributed by atoms with E-state index in [4.69, 9.17) is 14.2 Å². The van der Waals surface area contributed by atoms with Crippen LogP contribution in [-0.2, 0) is 17.7 Å². The Morgan fingerprint density at radius 3 is 2.93 bits per heavy atom. The van der Waals surface area contributed by atoms with Crippen LogP contribution >= 0.6 is 0 Å². The van der Waals surface area contributed by atoms with Gasteiger partial charge in [0.15, 0.2) is 0 Å². The van der Waals surface area contributed by atoms with Gasteiger partial charge in [-0.25, -0.2) is 4.98 Å². The number of carbonyl (C=O) groups excluding carboxylic acids is 1. The Balaban J connectivity index is 1.55. The van der Waals surface area contributed by atoms with E-state index in [1.165, 1.54) is 0 Å². The SMILES string of the molecule is CCc1onc(C)c1-c1cccc([C@H]2CN(C(=O)c3cnn(CC)c3)CCO2)n1. The van der Waals surface area contributed by atoms with Crippen molar-refractivity contribution < 1.29 is 14.1 Å². The van der Waals surface area contributed by atoms with Crippen molar-refractivity contribution in [1.29, 1.82) is 0 Å². The molecule has 0 bridgehead atoms. The summed E-state index contributed by atoms with van der Waals surface area (Å²) in [7, 11) is 0. The van der Waals surface area contributed by atoms with Crippen LogP contribution in [-0.4, -0.2) is 50.4 Å². The monoisotopic (exact) mass is 395 g/mol. The Morgan fingerprint density at radius 1 is 1.31 bits per heavy atom. The Morgan fingerprint density at radius 2 is 2.17 bits per heavy atom. The number of pyridine rings is 1. The van der Waals surface area contributed by atoms with Gasteiger partial charge in [-0.1, -0.05) is 18.1 Å². The van der Waals surface area contributed by atoms with Gasteiger partial charge in [-0.3, -0.25) is 9.48 Å².